The number of fused-ring (bicyclic) bond motifs is 3. The molecule has 1 saturated carbocycles. The number of aryl methyl sites for hydroxylation is 1. The summed E-state index contributed by atoms with van der Waals surface area (Å²) in [5.74, 6) is 0.100. The van der Waals surface area contributed by atoms with Crippen molar-refractivity contribution in [1.82, 2.24) is 15.6 Å². The molecule has 3 aliphatic carbocycles. The van der Waals surface area contributed by atoms with Gasteiger partial charge in [-0.05, 0) is 94.1 Å². The molecule has 0 bridgehead atoms. The average Bonchev–Trinajstić information content (AvgIpc) is 3.82. The van der Waals surface area contributed by atoms with Gasteiger partial charge >= 0.3 is 5.97 Å². The average molecular weight is 657 g/mol. The van der Waals surface area contributed by atoms with Crippen LogP contribution in [0.4, 0.5) is 5.82 Å². The predicted molar refractivity (Wildman–Crippen MR) is 183 cm³/mol. The van der Waals surface area contributed by atoms with Crippen LogP contribution in [0.1, 0.15) is 78.7 Å². The van der Waals surface area contributed by atoms with Crippen molar-refractivity contribution in [1.29, 1.82) is 0 Å². The third kappa shape index (κ3) is 6.27. The van der Waals surface area contributed by atoms with Gasteiger partial charge in [0.25, 0.3) is 5.60 Å². The van der Waals surface area contributed by atoms with Gasteiger partial charge in [-0.2, -0.15) is 0 Å². The second-order valence-corrected chi connectivity index (χ2v) is 13.7. The molecule has 6 unspecified atom stereocenters. The van der Waals surface area contributed by atoms with Crippen molar-refractivity contribution in [3.05, 3.63) is 82.6 Å². The van der Waals surface area contributed by atoms with Crippen molar-refractivity contribution in [2.45, 2.75) is 76.0 Å². The normalized spacial score (nSPS) is 29.3. The van der Waals surface area contributed by atoms with Gasteiger partial charge in [0.1, 0.15) is 5.82 Å². The number of hydrogen-bond donors (Lipinski definition) is 4. The molecule has 1 aliphatic heterocycles. The summed E-state index contributed by atoms with van der Waals surface area (Å²) in [5.41, 5.74) is -0.933. The van der Waals surface area contributed by atoms with E-state index in [0.29, 0.717) is 36.9 Å². The molecule has 256 valence electrons. The van der Waals surface area contributed by atoms with E-state index in [-0.39, 0.29) is 42.7 Å². The Morgan fingerprint density at radius 2 is 1.94 bits per heavy atom. The molecule has 0 amide bonds. The summed E-state index contributed by atoms with van der Waals surface area (Å²) < 4.78 is 12.2. The quantitative estimate of drug-likeness (QED) is 0.0760. The van der Waals surface area contributed by atoms with Crippen LogP contribution in [0.5, 0.6) is 0 Å². The standard InChI is InChI=1S/C38H48N4O6/c1-4-40-32-19-27-10-6-5-9-26(27)18-28(32)22-47-36(46)38-35(45)31-12-8-7-11-30(31)34(44)37(38,48-38)20-29(21-43)24(2)13-14-25-15-16-41-33(17-25)42-23-39-3/h6-8,10-12,15-17,26-28,32,39-40,43H,4-5,9,13-14,18-23H2,1-3H3,(H,41,42). The SMILES string of the molecule is CCNC1CC2C=CCCC2CC1COC(=O)C12OC1(CC(CO)=C(C)CCc1ccnc(NCNC)c1)C(=O)c1ccccc1C2=O. The molecule has 6 rings (SSSR count). The van der Waals surface area contributed by atoms with Crippen LogP contribution >= 0.6 is 0 Å². The number of aliphatic hydroxyl groups excluding tert-OH is 1. The van der Waals surface area contributed by atoms with Gasteiger partial charge in [-0.25, -0.2) is 9.78 Å². The molecule has 2 aromatic rings. The summed E-state index contributed by atoms with van der Waals surface area (Å²) in [5, 5.41) is 20.4. The Morgan fingerprint density at radius 3 is 2.69 bits per heavy atom. The lowest BCUT2D eigenvalue weighted by Gasteiger charge is -2.42. The Labute approximate surface area is 282 Å². The zero-order chi connectivity index (χ0) is 33.9. The highest BCUT2D eigenvalue weighted by atomic mass is 16.7. The van der Waals surface area contributed by atoms with Gasteiger partial charge in [0.2, 0.25) is 5.78 Å². The Balaban J connectivity index is 1.23. The number of pyridine rings is 1. The Morgan fingerprint density at radius 1 is 1.15 bits per heavy atom. The molecular weight excluding hydrogens is 608 g/mol. The van der Waals surface area contributed by atoms with Crippen LogP contribution in [0.25, 0.3) is 0 Å². The van der Waals surface area contributed by atoms with Gasteiger partial charge in [0.05, 0.1) is 19.9 Å². The van der Waals surface area contributed by atoms with Crippen LogP contribution in [0.3, 0.4) is 0 Å². The summed E-state index contributed by atoms with van der Waals surface area (Å²) in [4.78, 5) is 46.8. The smallest absolute Gasteiger partial charge is 0.350 e. The van der Waals surface area contributed by atoms with E-state index in [9.17, 15) is 19.5 Å². The summed E-state index contributed by atoms with van der Waals surface area (Å²) in [7, 11) is 1.85. The van der Waals surface area contributed by atoms with E-state index in [1.807, 2.05) is 26.1 Å². The van der Waals surface area contributed by atoms with Gasteiger partial charge in [-0.15, -0.1) is 0 Å². The number of hydrogen-bond acceptors (Lipinski definition) is 10. The van der Waals surface area contributed by atoms with Crippen molar-refractivity contribution in [2.24, 2.45) is 17.8 Å². The van der Waals surface area contributed by atoms with Gasteiger partial charge in [-0.1, -0.05) is 48.9 Å². The maximum Gasteiger partial charge on any atom is 0.350 e. The molecule has 1 aromatic heterocycles. The second-order valence-electron chi connectivity index (χ2n) is 13.7. The van der Waals surface area contributed by atoms with Crippen LogP contribution in [-0.4, -0.2) is 78.3 Å². The number of aromatic nitrogens is 1. The van der Waals surface area contributed by atoms with Gasteiger partial charge < -0.3 is 30.5 Å². The van der Waals surface area contributed by atoms with Crippen molar-refractivity contribution in [3.63, 3.8) is 0 Å². The van der Waals surface area contributed by atoms with Gasteiger partial charge in [-0.3, -0.25) is 9.59 Å². The fourth-order valence-electron chi connectivity index (χ4n) is 8.09. The first-order valence-electron chi connectivity index (χ1n) is 17.4. The Kier molecular flexibility index (Phi) is 10.3. The highest BCUT2D eigenvalue weighted by Gasteiger charge is 2.85. The molecule has 4 N–H and O–H groups in total. The highest BCUT2D eigenvalue weighted by molar-refractivity contribution is 6.32. The number of Topliss-reactive ketones (excluding diaryl/α,β-unsaturated/α-hetero) is 2. The van der Waals surface area contributed by atoms with Crippen LogP contribution in [0, 0.1) is 17.8 Å². The third-order valence-corrected chi connectivity index (χ3v) is 10.8. The lowest BCUT2D eigenvalue weighted by atomic mass is 9.68. The summed E-state index contributed by atoms with van der Waals surface area (Å²) in [6.45, 7) is 5.19. The molecule has 6 atom stereocenters. The van der Waals surface area contributed by atoms with Gasteiger partial charge in [0.15, 0.2) is 11.4 Å². The second kappa shape index (κ2) is 14.4. The zero-order valence-corrected chi connectivity index (χ0v) is 28.2. The van der Waals surface area contributed by atoms with Crippen LogP contribution in [-0.2, 0) is 20.7 Å². The molecule has 4 aliphatic rings. The van der Waals surface area contributed by atoms with E-state index in [4.69, 9.17) is 9.47 Å². The number of ketones is 2. The first kappa shape index (κ1) is 34.2. The first-order valence-corrected chi connectivity index (χ1v) is 17.4. The van der Waals surface area contributed by atoms with E-state index < -0.39 is 28.7 Å². The predicted octanol–water partition coefficient (Wildman–Crippen LogP) is 4.40. The van der Waals surface area contributed by atoms with E-state index in [0.717, 1.165) is 49.2 Å². The number of epoxide rings is 1. The summed E-state index contributed by atoms with van der Waals surface area (Å²) in [6.07, 6.45) is 11.6. The van der Waals surface area contributed by atoms with Crippen LogP contribution in [0.15, 0.2) is 65.9 Å². The van der Waals surface area contributed by atoms with E-state index in [1.54, 1.807) is 30.5 Å². The Hall–Kier alpha value is -3.70. The summed E-state index contributed by atoms with van der Waals surface area (Å²) in [6, 6.07) is 10.6. The first-order chi connectivity index (χ1) is 23.3. The minimum atomic E-state index is -2.07. The summed E-state index contributed by atoms with van der Waals surface area (Å²) >= 11 is 0. The number of anilines is 1. The molecule has 10 heteroatoms. The fourth-order valence-corrected chi connectivity index (χ4v) is 8.09. The fraction of sp³-hybridized carbons (Fsp3) is 0.526. The molecule has 1 aromatic carbocycles. The molecule has 2 fully saturated rings. The largest absolute Gasteiger partial charge is 0.463 e. The Bertz CT molecular complexity index is 1600. The number of benzene rings is 1. The zero-order valence-electron chi connectivity index (χ0n) is 28.2. The maximum atomic E-state index is 14.2. The number of esters is 1. The van der Waals surface area contributed by atoms with Gasteiger partial charge in [0, 0.05) is 35.7 Å². The molecule has 0 spiro atoms. The molecule has 48 heavy (non-hydrogen) atoms. The number of rotatable bonds is 14. The number of allylic oxidation sites excluding steroid dienone is 3. The minimum absolute atomic E-state index is 0.0752. The number of carbonyl (C=O) groups is 3. The molecule has 1 saturated heterocycles. The van der Waals surface area contributed by atoms with E-state index in [2.05, 4.69) is 40.0 Å². The highest BCUT2D eigenvalue weighted by Crippen LogP contribution is 2.59. The van der Waals surface area contributed by atoms with Crippen molar-refractivity contribution < 1.29 is 29.0 Å². The monoisotopic (exact) mass is 656 g/mol. The number of nitrogens with zero attached hydrogens (tertiary/aromatic N) is 1. The number of aliphatic hydroxyl groups is 1. The molecule has 0 radical (unpaired) electrons. The van der Waals surface area contributed by atoms with Crippen molar-refractivity contribution in [2.75, 3.05) is 38.8 Å². The number of carbonyl (C=O) groups excluding carboxylic acids is 3. The molecular formula is C38H48N4O6. The van der Waals surface area contributed by atoms with Crippen LogP contribution in [0.2, 0.25) is 0 Å². The maximum absolute atomic E-state index is 14.2. The third-order valence-electron chi connectivity index (χ3n) is 10.8. The van der Waals surface area contributed by atoms with Crippen molar-refractivity contribution >= 4 is 23.4 Å². The van der Waals surface area contributed by atoms with E-state index in [1.165, 1.54) is 0 Å². The topological polar surface area (TPSA) is 142 Å². The van der Waals surface area contributed by atoms with Crippen LogP contribution < -0.4 is 16.0 Å². The lowest BCUT2D eigenvalue weighted by molar-refractivity contribution is -0.150. The van der Waals surface area contributed by atoms with Crippen molar-refractivity contribution in [3.8, 4) is 0 Å². The number of ether oxygens (including phenoxy) is 2. The van der Waals surface area contributed by atoms with E-state index >= 15 is 0 Å². The minimum Gasteiger partial charge on any atom is -0.463 e. The number of nitrogens with one attached hydrogen (secondary N) is 3. The molecule has 2 heterocycles. The lowest BCUT2D eigenvalue weighted by Crippen LogP contribution is -2.52. The molecule has 10 nitrogen and oxygen atoms in total.